The number of thiophene rings is 1. The third kappa shape index (κ3) is 4.06. The van der Waals surface area contributed by atoms with Crippen molar-refractivity contribution in [2.75, 3.05) is 26.0 Å². The molecule has 1 aliphatic heterocycles. The van der Waals surface area contributed by atoms with E-state index in [4.69, 9.17) is 9.72 Å². The summed E-state index contributed by atoms with van der Waals surface area (Å²) in [6.07, 6.45) is 7.54. The molecule has 0 radical (unpaired) electrons. The molecule has 32 heavy (non-hydrogen) atoms. The monoisotopic (exact) mass is 469 g/mol. The van der Waals surface area contributed by atoms with Crippen molar-refractivity contribution in [2.24, 2.45) is 0 Å². The van der Waals surface area contributed by atoms with E-state index in [9.17, 15) is 9.59 Å². The largest absolute Gasteiger partial charge is 0.497 e. The normalized spacial score (nSPS) is 16.2. The van der Waals surface area contributed by atoms with Crippen molar-refractivity contribution in [3.8, 4) is 11.4 Å². The average molecular weight is 470 g/mol. The molecule has 0 atom stereocenters. The molecular formula is C24H27N3O3S2. The van der Waals surface area contributed by atoms with E-state index in [-0.39, 0.29) is 17.2 Å². The van der Waals surface area contributed by atoms with Crippen molar-refractivity contribution in [1.82, 2.24) is 14.5 Å². The molecule has 0 N–H and O–H groups in total. The Labute approximate surface area is 195 Å². The molecule has 8 heteroatoms. The number of hydrogen-bond acceptors (Lipinski definition) is 6. The van der Waals surface area contributed by atoms with Crippen molar-refractivity contribution in [3.63, 3.8) is 0 Å². The Morgan fingerprint density at radius 3 is 2.78 bits per heavy atom. The number of ether oxygens (including phenoxy) is 1. The fourth-order valence-corrected chi connectivity index (χ4v) is 6.84. The predicted octanol–water partition coefficient (Wildman–Crippen LogP) is 4.44. The standard InChI is InChI=1S/C24H27N3O3S2/c1-30-17-9-7-8-16(14-17)27-23(29)21-18-10-3-4-11-19(18)32-22(21)25-24(27)31-15-20(28)26-12-5-2-6-13-26/h7-9,14H,2-6,10-13,15H2,1H3. The van der Waals surface area contributed by atoms with Gasteiger partial charge in [-0.3, -0.25) is 14.2 Å². The second-order valence-electron chi connectivity index (χ2n) is 8.36. The number of nitrogens with zero attached hydrogens (tertiary/aromatic N) is 3. The van der Waals surface area contributed by atoms with Crippen LogP contribution in [0.1, 0.15) is 42.5 Å². The molecule has 0 saturated carbocycles. The fraction of sp³-hybridized carbons (Fsp3) is 0.458. The number of likely N-dealkylation sites (tertiary alicyclic amines) is 1. The van der Waals surface area contributed by atoms with Gasteiger partial charge in [0.25, 0.3) is 5.56 Å². The lowest BCUT2D eigenvalue weighted by Gasteiger charge is -2.26. The van der Waals surface area contributed by atoms with Crippen LogP contribution in [0.3, 0.4) is 0 Å². The van der Waals surface area contributed by atoms with Gasteiger partial charge in [0.05, 0.1) is 23.9 Å². The number of fused-ring (bicyclic) bond motifs is 3. The van der Waals surface area contributed by atoms with E-state index in [0.717, 1.165) is 61.8 Å². The zero-order chi connectivity index (χ0) is 22.1. The zero-order valence-electron chi connectivity index (χ0n) is 18.3. The number of piperidine rings is 1. The van der Waals surface area contributed by atoms with Crippen molar-refractivity contribution < 1.29 is 9.53 Å². The highest BCUT2D eigenvalue weighted by atomic mass is 32.2. The number of carbonyl (C=O) groups is 1. The van der Waals surface area contributed by atoms with Gasteiger partial charge < -0.3 is 9.64 Å². The molecule has 168 valence electrons. The van der Waals surface area contributed by atoms with Gasteiger partial charge >= 0.3 is 0 Å². The molecule has 5 rings (SSSR count). The second kappa shape index (κ2) is 9.27. The van der Waals surface area contributed by atoms with Crippen molar-refractivity contribution in [1.29, 1.82) is 0 Å². The molecule has 1 aromatic carbocycles. The number of thioether (sulfide) groups is 1. The first kappa shape index (κ1) is 21.5. The Hall–Kier alpha value is -2.32. The Morgan fingerprint density at radius 2 is 1.97 bits per heavy atom. The molecule has 6 nitrogen and oxygen atoms in total. The van der Waals surface area contributed by atoms with Crippen molar-refractivity contribution in [2.45, 2.75) is 50.1 Å². The SMILES string of the molecule is COc1cccc(-n2c(SCC(=O)N3CCCCC3)nc3sc4c(c3c2=O)CCCC4)c1. The summed E-state index contributed by atoms with van der Waals surface area (Å²) in [7, 11) is 1.62. The molecule has 1 saturated heterocycles. The molecular weight excluding hydrogens is 442 g/mol. The highest BCUT2D eigenvalue weighted by Gasteiger charge is 2.24. The van der Waals surface area contributed by atoms with Gasteiger partial charge in [-0.1, -0.05) is 17.8 Å². The van der Waals surface area contributed by atoms with E-state index in [1.807, 2.05) is 29.2 Å². The first-order chi connectivity index (χ1) is 15.7. The number of rotatable bonds is 5. The molecule has 0 unspecified atom stereocenters. The van der Waals surface area contributed by atoms with Crippen molar-refractivity contribution >= 4 is 39.2 Å². The Balaban J connectivity index is 1.58. The van der Waals surface area contributed by atoms with Gasteiger partial charge in [-0.15, -0.1) is 11.3 Å². The number of aromatic nitrogens is 2. The molecule has 1 aliphatic carbocycles. The molecule has 0 spiro atoms. The van der Waals surface area contributed by atoms with Gasteiger partial charge in [0.1, 0.15) is 10.6 Å². The summed E-state index contributed by atoms with van der Waals surface area (Å²) in [5.74, 6) is 1.08. The van der Waals surface area contributed by atoms with Crippen LogP contribution in [-0.4, -0.2) is 46.3 Å². The third-order valence-electron chi connectivity index (χ3n) is 6.30. The lowest BCUT2D eigenvalue weighted by molar-refractivity contribution is -0.129. The Bertz CT molecular complexity index is 1210. The number of benzene rings is 1. The maximum absolute atomic E-state index is 13.8. The van der Waals surface area contributed by atoms with Gasteiger partial charge in [-0.25, -0.2) is 4.98 Å². The minimum atomic E-state index is -0.0458. The zero-order valence-corrected chi connectivity index (χ0v) is 19.9. The van der Waals surface area contributed by atoms with Gasteiger partial charge in [0.2, 0.25) is 5.91 Å². The molecule has 2 aromatic heterocycles. The fourth-order valence-electron chi connectivity index (χ4n) is 4.62. The summed E-state index contributed by atoms with van der Waals surface area (Å²) in [5, 5.41) is 1.32. The first-order valence-electron chi connectivity index (χ1n) is 11.3. The number of carbonyl (C=O) groups excluding carboxylic acids is 1. The van der Waals surface area contributed by atoms with E-state index >= 15 is 0 Å². The van der Waals surface area contributed by atoms with Crippen LogP contribution in [0.4, 0.5) is 0 Å². The van der Waals surface area contributed by atoms with Crippen LogP contribution in [0.2, 0.25) is 0 Å². The highest BCUT2D eigenvalue weighted by Crippen LogP contribution is 2.35. The van der Waals surface area contributed by atoms with Gasteiger partial charge in [-0.05, 0) is 62.6 Å². The van der Waals surface area contributed by atoms with E-state index in [2.05, 4.69) is 0 Å². The Kier molecular flexibility index (Phi) is 6.24. The minimum absolute atomic E-state index is 0.0458. The first-order valence-corrected chi connectivity index (χ1v) is 13.1. The molecule has 1 amide bonds. The molecule has 3 heterocycles. The predicted molar refractivity (Wildman–Crippen MR) is 130 cm³/mol. The van der Waals surface area contributed by atoms with Crippen LogP contribution in [-0.2, 0) is 17.6 Å². The van der Waals surface area contributed by atoms with E-state index in [1.165, 1.54) is 28.6 Å². The Morgan fingerprint density at radius 1 is 1.16 bits per heavy atom. The number of aryl methyl sites for hydroxylation is 2. The lowest BCUT2D eigenvalue weighted by atomic mass is 9.97. The maximum atomic E-state index is 13.8. The van der Waals surface area contributed by atoms with Crippen LogP contribution in [0.5, 0.6) is 5.75 Å². The summed E-state index contributed by atoms with van der Waals surface area (Å²) in [5.41, 5.74) is 1.84. The maximum Gasteiger partial charge on any atom is 0.267 e. The number of hydrogen-bond donors (Lipinski definition) is 0. The molecule has 0 bridgehead atoms. The average Bonchev–Trinajstić information content (AvgIpc) is 3.21. The van der Waals surface area contributed by atoms with Crippen molar-refractivity contribution in [3.05, 3.63) is 45.1 Å². The smallest absolute Gasteiger partial charge is 0.267 e. The summed E-state index contributed by atoms with van der Waals surface area (Å²) >= 11 is 3.00. The van der Waals surface area contributed by atoms with Gasteiger partial charge in [0.15, 0.2) is 5.16 Å². The van der Waals surface area contributed by atoms with Gasteiger partial charge in [-0.2, -0.15) is 0 Å². The van der Waals surface area contributed by atoms with E-state index in [1.54, 1.807) is 23.0 Å². The van der Waals surface area contributed by atoms with Crippen LogP contribution < -0.4 is 10.3 Å². The lowest BCUT2D eigenvalue weighted by Crippen LogP contribution is -2.36. The second-order valence-corrected chi connectivity index (χ2v) is 10.4. The summed E-state index contributed by atoms with van der Waals surface area (Å²) in [6, 6.07) is 7.48. The number of methoxy groups -OCH3 is 1. The molecule has 1 fully saturated rings. The van der Waals surface area contributed by atoms with Crippen LogP contribution >= 0.6 is 23.1 Å². The highest BCUT2D eigenvalue weighted by molar-refractivity contribution is 7.99. The topological polar surface area (TPSA) is 64.4 Å². The van der Waals surface area contributed by atoms with Crippen LogP contribution in [0, 0.1) is 0 Å². The van der Waals surface area contributed by atoms with Crippen LogP contribution in [0.25, 0.3) is 15.9 Å². The van der Waals surface area contributed by atoms with Gasteiger partial charge in [0, 0.05) is 24.0 Å². The third-order valence-corrected chi connectivity index (χ3v) is 8.41. The quantitative estimate of drug-likeness (QED) is 0.408. The summed E-state index contributed by atoms with van der Waals surface area (Å²) < 4.78 is 7.06. The molecule has 2 aliphatic rings. The number of amides is 1. The minimum Gasteiger partial charge on any atom is -0.497 e. The summed E-state index contributed by atoms with van der Waals surface area (Å²) in [4.78, 5) is 35.6. The van der Waals surface area contributed by atoms with E-state index in [0.29, 0.717) is 16.6 Å². The summed E-state index contributed by atoms with van der Waals surface area (Å²) in [6.45, 7) is 1.65. The van der Waals surface area contributed by atoms with E-state index < -0.39 is 0 Å². The molecule has 3 aromatic rings. The van der Waals surface area contributed by atoms with Crippen LogP contribution in [0.15, 0.2) is 34.2 Å².